The average molecular weight is 373 g/mol. The minimum absolute atomic E-state index is 0.0222. The molecule has 0 aliphatic carbocycles. The highest BCUT2D eigenvalue weighted by Gasteiger charge is 2.21. The van der Waals surface area contributed by atoms with Crippen molar-refractivity contribution < 1.29 is 0 Å². The Morgan fingerprint density at radius 1 is 0.964 bits per heavy atom. The van der Waals surface area contributed by atoms with Gasteiger partial charge in [-0.1, -0.05) is 51.1 Å². The van der Waals surface area contributed by atoms with Crippen LogP contribution in [0, 0.1) is 0 Å². The van der Waals surface area contributed by atoms with Crippen molar-refractivity contribution in [3.63, 3.8) is 0 Å². The molecule has 0 spiro atoms. The number of benzene rings is 2. The molecule has 2 aromatic carbocycles. The van der Waals surface area contributed by atoms with Gasteiger partial charge in [0.15, 0.2) is 5.65 Å². The normalized spacial score (nSPS) is 11.6. The molecule has 0 N–H and O–H groups in total. The molecule has 142 valence electrons. The smallest absolute Gasteiger partial charge is 0.271 e. The maximum absolute atomic E-state index is 13.6. The van der Waals surface area contributed by atoms with Crippen LogP contribution in [0.5, 0.6) is 0 Å². The van der Waals surface area contributed by atoms with E-state index in [1.807, 2.05) is 66.9 Å². The van der Waals surface area contributed by atoms with Crippen molar-refractivity contribution in [2.24, 2.45) is 0 Å². The summed E-state index contributed by atoms with van der Waals surface area (Å²) in [7, 11) is 0. The van der Waals surface area contributed by atoms with E-state index in [0.29, 0.717) is 23.4 Å². The standard InChI is InChI=1S/C23H23N3O2/c1-4-14-25-18-13-9-8-12-17(18)20(27)19-22(25)24-21(15(2)3)26(23(19)28)16-10-6-5-7-11-16/h5-13,15H,4,14H2,1-3H3. The third kappa shape index (κ3) is 2.74. The Kier molecular flexibility index (Phi) is 4.59. The number of rotatable bonds is 4. The molecule has 0 bridgehead atoms. The van der Waals surface area contributed by atoms with Crippen LogP contribution in [0.1, 0.15) is 38.9 Å². The molecule has 4 rings (SSSR count). The van der Waals surface area contributed by atoms with E-state index in [-0.39, 0.29) is 22.3 Å². The van der Waals surface area contributed by atoms with E-state index >= 15 is 0 Å². The molecule has 0 atom stereocenters. The fourth-order valence-corrected chi connectivity index (χ4v) is 3.73. The lowest BCUT2D eigenvalue weighted by atomic mass is 10.1. The highest BCUT2D eigenvalue weighted by atomic mass is 16.1. The van der Waals surface area contributed by atoms with E-state index in [2.05, 4.69) is 6.92 Å². The number of aryl methyl sites for hydroxylation is 1. The van der Waals surface area contributed by atoms with Crippen LogP contribution in [-0.2, 0) is 6.54 Å². The van der Waals surface area contributed by atoms with Crippen LogP contribution in [0.25, 0.3) is 27.6 Å². The van der Waals surface area contributed by atoms with E-state index in [4.69, 9.17) is 4.98 Å². The van der Waals surface area contributed by atoms with Gasteiger partial charge in [0.05, 0.1) is 11.2 Å². The summed E-state index contributed by atoms with van der Waals surface area (Å²) in [4.78, 5) is 31.7. The molecule has 28 heavy (non-hydrogen) atoms. The Hall–Kier alpha value is -3.21. The first-order valence-corrected chi connectivity index (χ1v) is 9.68. The second kappa shape index (κ2) is 7.08. The number of para-hydroxylation sites is 2. The van der Waals surface area contributed by atoms with E-state index in [1.54, 1.807) is 10.6 Å². The molecule has 0 aliphatic rings. The van der Waals surface area contributed by atoms with Crippen molar-refractivity contribution in [2.45, 2.75) is 39.7 Å². The predicted octanol–water partition coefficient (Wildman–Crippen LogP) is 4.23. The van der Waals surface area contributed by atoms with Crippen molar-refractivity contribution in [1.29, 1.82) is 0 Å². The Balaban J connectivity index is 2.26. The van der Waals surface area contributed by atoms with Crippen molar-refractivity contribution in [1.82, 2.24) is 14.1 Å². The first-order valence-electron chi connectivity index (χ1n) is 9.68. The molecule has 2 aromatic heterocycles. The summed E-state index contributed by atoms with van der Waals surface area (Å²) in [6.07, 6.45) is 0.877. The van der Waals surface area contributed by atoms with Crippen LogP contribution in [0.4, 0.5) is 0 Å². The van der Waals surface area contributed by atoms with Gasteiger partial charge in [-0.3, -0.25) is 14.2 Å². The molecular weight excluding hydrogens is 350 g/mol. The monoisotopic (exact) mass is 373 g/mol. The van der Waals surface area contributed by atoms with E-state index in [9.17, 15) is 9.59 Å². The van der Waals surface area contributed by atoms with Crippen LogP contribution in [-0.4, -0.2) is 14.1 Å². The maximum Gasteiger partial charge on any atom is 0.271 e. The molecule has 0 radical (unpaired) electrons. The Morgan fingerprint density at radius 2 is 1.64 bits per heavy atom. The number of pyridine rings is 1. The largest absolute Gasteiger partial charge is 0.325 e. The summed E-state index contributed by atoms with van der Waals surface area (Å²) < 4.78 is 3.59. The molecule has 5 heteroatoms. The molecular formula is C23H23N3O2. The average Bonchev–Trinajstić information content (AvgIpc) is 2.71. The fraction of sp³-hybridized carbons (Fsp3) is 0.261. The lowest BCUT2D eigenvalue weighted by Crippen LogP contribution is -2.30. The third-order valence-corrected chi connectivity index (χ3v) is 4.99. The number of aromatic nitrogens is 3. The zero-order chi connectivity index (χ0) is 19.8. The highest BCUT2D eigenvalue weighted by Crippen LogP contribution is 2.21. The molecule has 0 fully saturated rings. The zero-order valence-corrected chi connectivity index (χ0v) is 16.3. The van der Waals surface area contributed by atoms with E-state index in [0.717, 1.165) is 17.6 Å². The van der Waals surface area contributed by atoms with Gasteiger partial charge in [-0.15, -0.1) is 0 Å². The van der Waals surface area contributed by atoms with Gasteiger partial charge in [-0.05, 0) is 30.7 Å². The number of hydrogen-bond donors (Lipinski definition) is 0. The van der Waals surface area contributed by atoms with Crippen molar-refractivity contribution >= 4 is 21.9 Å². The Labute approximate surface area is 162 Å². The van der Waals surface area contributed by atoms with Gasteiger partial charge in [-0.2, -0.15) is 0 Å². The maximum atomic E-state index is 13.6. The molecule has 0 saturated carbocycles. The summed E-state index contributed by atoms with van der Waals surface area (Å²) >= 11 is 0. The Bertz CT molecular complexity index is 1280. The quantitative estimate of drug-likeness (QED) is 0.503. The summed E-state index contributed by atoms with van der Waals surface area (Å²) in [6, 6.07) is 16.8. The van der Waals surface area contributed by atoms with Crippen LogP contribution >= 0.6 is 0 Å². The third-order valence-electron chi connectivity index (χ3n) is 4.99. The first-order chi connectivity index (χ1) is 13.5. The SMILES string of the molecule is CCCn1c2ccccc2c(=O)c2c(=O)n(-c3ccccc3)c(C(C)C)nc21. The fourth-order valence-electron chi connectivity index (χ4n) is 3.73. The molecule has 0 aliphatic heterocycles. The molecule has 0 amide bonds. The van der Waals surface area contributed by atoms with Gasteiger partial charge in [0.1, 0.15) is 11.2 Å². The van der Waals surface area contributed by atoms with Crippen LogP contribution in [0.3, 0.4) is 0 Å². The first kappa shape index (κ1) is 18.2. The molecule has 0 saturated heterocycles. The van der Waals surface area contributed by atoms with Gasteiger partial charge in [-0.25, -0.2) is 4.98 Å². The van der Waals surface area contributed by atoms with E-state index in [1.165, 1.54) is 0 Å². The molecule has 0 unspecified atom stereocenters. The summed E-state index contributed by atoms with van der Waals surface area (Å²) in [5.41, 5.74) is 1.46. The van der Waals surface area contributed by atoms with Crippen LogP contribution in [0.15, 0.2) is 64.2 Å². The lowest BCUT2D eigenvalue weighted by Gasteiger charge is -2.19. The second-order valence-electron chi connectivity index (χ2n) is 7.30. The second-order valence-corrected chi connectivity index (χ2v) is 7.30. The topological polar surface area (TPSA) is 56.9 Å². The summed E-state index contributed by atoms with van der Waals surface area (Å²) in [6.45, 7) is 6.79. The molecule has 2 heterocycles. The van der Waals surface area contributed by atoms with Gasteiger partial charge in [0.2, 0.25) is 5.43 Å². The van der Waals surface area contributed by atoms with Gasteiger partial charge in [0, 0.05) is 17.8 Å². The van der Waals surface area contributed by atoms with Gasteiger partial charge < -0.3 is 4.57 Å². The number of nitrogens with zero attached hydrogens (tertiary/aromatic N) is 3. The summed E-state index contributed by atoms with van der Waals surface area (Å²) in [5.74, 6) is 0.678. The van der Waals surface area contributed by atoms with Crippen molar-refractivity contribution in [3.05, 3.63) is 81.0 Å². The predicted molar refractivity (Wildman–Crippen MR) is 113 cm³/mol. The van der Waals surface area contributed by atoms with Gasteiger partial charge >= 0.3 is 0 Å². The van der Waals surface area contributed by atoms with E-state index < -0.39 is 0 Å². The minimum Gasteiger partial charge on any atom is -0.325 e. The summed E-state index contributed by atoms with van der Waals surface area (Å²) in [5, 5.41) is 0.708. The van der Waals surface area contributed by atoms with Crippen molar-refractivity contribution in [3.8, 4) is 5.69 Å². The number of fused-ring (bicyclic) bond motifs is 2. The molecule has 4 aromatic rings. The Morgan fingerprint density at radius 3 is 2.32 bits per heavy atom. The zero-order valence-electron chi connectivity index (χ0n) is 16.3. The number of hydrogen-bond acceptors (Lipinski definition) is 3. The minimum atomic E-state index is -0.305. The lowest BCUT2D eigenvalue weighted by molar-refractivity contribution is 0.686. The van der Waals surface area contributed by atoms with Crippen LogP contribution in [0.2, 0.25) is 0 Å². The molecule has 5 nitrogen and oxygen atoms in total. The van der Waals surface area contributed by atoms with Crippen molar-refractivity contribution in [2.75, 3.05) is 0 Å². The highest BCUT2D eigenvalue weighted by molar-refractivity contribution is 5.91. The van der Waals surface area contributed by atoms with Crippen LogP contribution < -0.4 is 11.0 Å². The van der Waals surface area contributed by atoms with Gasteiger partial charge in [0.25, 0.3) is 5.56 Å².